The Morgan fingerprint density at radius 1 is 0.971 bits per heavy atom. The van der Waals surface area contributed by atoms with Gasteiger partial charge in [-0.1, -0.05) is 18.2 Å². The van der Waals surface area contributed by atoms with Gasteiger partial charge in [-0.05, 0) is 56.2 Å². The summed E-state index contributed by atoms with van der Waals surface area (Å²) in [6.45, 7) is 6.15. The van der Waals surface area contributed by atoms with E-state index in [-0.39, 0.29) is 11.8 Å². The molecule has 2 amide bonds. The zero-order chi connectivity index (χ0) is 24.5. The van der Waals surface area contributed by atoms with Crippen LogP contribution in [0.1, 0.15) is 33.7 Å². The highest BCUT2D eigenvalue weighted by Gasteiger charge is 2.25. The van der Waals surface area contributed by atoms with Crippen molar-refractivity contribution in [2.75, 3.05) is 33.3 Å². The second kappa shape index (κ2) is 9.37. The van der Waals surface area contributed by atoms with E-state index in [9.17, 15) is 9.59 Å². The van der Waals surface area contributed by atoms with E-state index < -0.39 is 0 Å². The number of hydrogen-bond donors (Lipinski definition) is 0. The molecule has 0 radical (unpaired) electrons. The molecule has 4 aromatic rings. The minimum Gasteiger partial charge on any atom is -0.497 e. The minimum absolute atomic E-state index is 0.0340. The van der Waals surface area contributed by atoms with Gasteiger partial charge in [-0.2, -0.15) is 5.10 Å². The molecule has 3 heterocycles. The monoisotopic (exact) mass is 471 g/mol. The minimum atomic E-state index is -0.0340. The van der Waals surface area contributed by atoms with Crippen LogP contribution in [0.3, 0.4) is 0 Å². The Kier molecular flexibility index (Phi) is 6.11. The Labute approximate surface area is 204 Å². The molecule has 0 bridgehead atoms. The van der Waals surface area contributed by atoms with Crippen LogP contribution in [-0.2, 0) is 11.2 Å². The number of carbonyl (C=O) groups excluding carboxylic acids is 2. The summed E-state index contributed by atoms with van der Waals surface area (Å²) in [6, 6.07) is 15.2. The highest BCUT2D eigenvalue weighted by atomic mass is 16.5. The van der Waals surface area contributed by atoms with E-state index in [1.807, 2.05) is 59.7 Å². The zero-order valence-electron chi connectivity index (χ0n) is 20.3. The summed E-state index contributed by atoms with van der Waals surface area (Å²) in [6.07, 6.45) is 1.01. The number of piperazine rings is 1. The van der Waals surface area contributed by atoms with E-state index in [4.69, 9.17) is 14.8 Å². The summed E-state index contributed by atoms with van der Waals surface area (Å²) in [7, 11) is 1.59. The molecule has 1 saturated heterocycles. The molecule has 0 N–H and O–H groups in total. The molecule has 35 heavy (non-hydrogen) atoms. The van der Waals surface area contributed by atoms with E-state index in [0.717, 1.165) is 33.5 Å². The molecular weight excluding hydrogens is 442 g/mol. The highest BCUT2D eigenvalue weighted by molar-refractivity contribution is 5.95. The van der Waals surface area contributed by atoms with E-state index >= 15 is 0 Å². The summed E-state index contributed by atoms with van der Waals surface area (Å²) >= 11 is 0. The van der Waals surface area contributed by atoms with Gasteiger partial charge in [-0.15, -0.1) is 0 Å². The average molecular weight is 472 g/mol. The second-order valence-corrected chi connectivity index (χ2v) is 8.92. The number of methoxy groups -OCH3 is 1. The maximum atomic E-state index is 13.0. The fourth-order valence-electron chi connectivity index (χ4n) is 4.83. The number of carbonyl (C=O) groups is 2. The first-order valence-corrected chi connectivity index (χ1v) is 11.9. The van der Waals surface area contributed by atoms with Gasteiger partial charge in [0, 0.05) is 54.9 Å². The highest BCUT2D eigenvalue weighted by Crippen LogP contribution is 2.23. The van der Waals surface area contributed by atoms with E-state index in [1.54, 1.807) is 24.1 Å². The summed E-state index contributed by atoms with van der Waals surface area (Å²) in [5, 5.41) is 5.74. The number of ether oxygens (including phenoxy) is 1. The smallest absolute Gasteiger partial charge is 0.254 e. The van der Waals surface area contributed by atoms with Crippen LogP contribution in [0.15, 0.2) is 48.5 Å². The van der Waals surface area contributed by atoms with Gasteiger partial charge >= 0.3 is 0 Å². The Bertz CT molecular complexity index is 1420. The number of nitrogens with zero attached hydrogens (tertiary/aromatic N) is 5. The molecule has 8 heteroatoms. The van der Waals surface area contributed by atoms with Gasteiger partial charge in [0.05, 0.1) is 12.6 Å². The maximum absolute atomic E-state index is 13.0. The zero-order valence-corrected chi connectivity index (χ0v) is 20.3. The van der Waals surface area contributed by atoms with Crippen molar-refractivity contribution in [1.82, 2.24) is 24.4 Å². The van der Waals surface area contributed by atoms with Gasteiger partial charge in [-0.25, -0.2) is 9.50 Å². The number of aromatic nitrogens is 3. The van der Waals surface area contributed by atoms with Crippen molar-refractivity contribution in [3.05, 3.63) is 71.0 Å². The van der Waals surface area contributed by atoms with Crippen molar-refractivity contribution in [2.24, 2.45) is 0 Å². The molecule has 0 unspecified atom stereocenters. The summed E-state index contributed by atoms with van der Waals surface area (Å²) in [4.78, 5) is 34.3. The van der Waals surface area contributed by atoms with Crippen LogP contribution in [0.4, 0.5) is 0 Å². The largest absolute Gasteiger partial charge is 0.497 e. The van der Waals surface area contributed by atoms with Crippen LogP contribution in [0.2, 0.25) is 0 Å². The summed E-state index contributed by atoms with van der Waals surface area (Å²) in [5.41, 5.74) is 5.38. The third-order valence-electron chi connectivity index (χ3n) is 6.84. The Morgan fingerprint density at radius 3 is 2.49 bits per heavy atom. The molecule has 0 atom stereocenters. The lowest BCUT2D eigenvalue weighted by atomic mass is 10.1. The number of amides is 2. The first kappa shape index (κ1) is 22.8. The lowest BCUT2D eigenvalue weighted by molar-refractivity contribution is -0.132. The van der Waals surface area contributed by atoms with Crippen LogP contribution in [0, 0.1) is 13.8 Å². The van der Waals surface area contributed by atoms with Crippen molar-refractivity contribution in [3.63, 3.8) is 0 Å². The van der Waals surface area contributed by atoms with Gasteiger partial charge < -0.3 is 14.5 Å². The third-order valence-corrected chi connectivity index (χ3v) is 6.84. The van der Waals surface area contributed by atoms with Crippen LogP contribution < -0.4 is 4.74 Å². The van der Waals surface area contributed by atoms with Gasteiger partial charge in [0.1, 0.15) is 5.75 Å². The normalized spacial score (nSPS) is 14.0. The van der Waals surface area contributed by atoms with Crippen molar-refractivity contribution in [2.45, 2.75) is 26.7 Å². The van der Waals surface area contributed by atoms with Crippen molar-refractivity contribution in [1.29, 1.82) is 0 Å². The lowest BCUT2D eigenvalue weighted by Gasteiger charge is -2.35. The standard InChI is InChI=1S/C27H29N5O3/c1-18-22(19(2)32-26(28-18)23-9-4-5-10-24(23)29-32)11-12-25(33)30-13-15-31(16-14-30)27(34)20-7-6-8-21(17-20)35-3/h4-10,17H,11-16H2,1-3H3. The van der Waals surface area contributed by atoms with Gasteiger partial charge in [0.2, 0.25) is 5.91 Å². The summed E-state index contributed by atoms with van der Waals surface area (Å²) < 4.78 is 7.12. The molecule has 0 spiro atoms. The molecule has 1 aliphatic heterocycles. The molecule has 1 aliphatic rings. The topological polar surface area (TPSA) is 80.0 Å². The van der Waals surface area contributed by atoms with Crippen molar-refractivity contribution >= 4 is 28.4 Å². The molecule has 0 saturated carbocycles. The number of aryl methyl sites for hydroxylation is 2. The quantitative estimate of drug-likeness (QED) is 0.446. The molecule has 1 fully saturated rings. The Balaban J connectivity index is 1.23. The van der Waals surface area contributed by atoms with Crippen LogP contribution in [0.25, 0.3) is 16.6 Å². The predicted molar refractivity (Wildman–Crippen MR) is 134 cm³/mol. The number of rotatable bonds is 5. The number of hydrogen-bond acceptors (Lipinski definition) is 5. The molecule has 0 aliphatic carbocycles. The first-order chi connectivity index (χ1) is 17.0. The van der Waals surface area contributed by atoms with Gasteiger partial charge in [-0.3, -0.25) is 9.59 Å². The molecule has 5 rings (SSSR count). The van der Waals surface area contributed by atoms with Crippen molar-refractivity contribution < 1.29 is 14.3 Å². The molecule has 8 nitrogen and oxygen atoms in total. The fraction of sp³-hybridized carbons (Fsp3) is 0.333. The molecule has 2 aromatic carbocycles. The Morgan fingerprint density at radius 2 is 1.71 bits per heavy atom. The third kappa shape index (κ3) is 4.32. The van der Waals surface area contributed by atoms with Crippen LogP contribution >= 0.6 is 0 Å². The maximum Gasteiger partial charge on any atom is 0.254 e. The number of fused-ring (bicyclic) bond motifs is 3. The molecule has 2 aromatic heterocycles. The fourth-order valence-corrected chi connectivity index (χ4v) is 4.83. The molecular formula is C27H29N5O3. The van der Waals surface area contributed by atoms with Crippen LogP contribution in [0.5, 0.6) is 5.75 Å². The molecule has 180 valence electrons. The average Bonchev–Trinajstić information content (AvgIpc) is 3.27. The summed E-state index contributed by atoms with van der Waals surface area (Å²) in [5.74, 6) is 0.724. The van der Waals surface area contributed by atoms with E-state index in [0.29, 0.717) is 50.3 Å². The van der Waals surface area contributed by atoms with Gasteiger partial charge in [0.25, 0.3) is 5.91 Å². The Hall–Kier alpha value is -3.94. The SMILES string of the molecule is COc1cccc(C(=O)N2CCN(C(=O)CCc3c(C)nc4c5ccccc5nn4c3C)CC2)c1. The van der Waals surface area contributed by atoms with E-state index in [1.165, 1.54) is 0 Å². The van der Waals surface area contributed by atoms with Crippen LogP contribution in [-0.4, -0.2) is 69.5 Å². The van der Waals surface area contributed by atoms with Crippen molar-refractivity contribution in [3.8, 4) is 5.75 Å². The first-order valence-electron chi connectivity index (χ1n) is 11.9. The van der Waals surface area contributed by atoms with E-state index in [2.05, 4.69) is 0 Å². The predicted octanol–water partition coefficient (Wildman–Crippen LogP) is 3.43. The lowest BCUT2D eigenvalue weighted by Crippen LogP contribution is -2.50. The van der Waals surface area contributed by atoms with Gasteiger partial charge in [0.15, 0.2) is 5.65 Å². The number of benzene rings is 2. The second-order valence-electron chi connectivity index (χ2n) is 8.92.